The third kappa shape index (κ3) is 5.29. The lowest BCUT2D eigenvalue weighted by Crippen LogP contribution is -2.44. The maximum Gasteiger partial charge on any atom is 0.460 e. The van der Waals surface area contributed by atoms with Crippen molar-refractivity contribution in [1.29, 1.82) is 0 Å². The van der Waals surface area contributed by atoms with Gasteiger partial charge in [0.05, 0.1) is 12.1 Å². The molecule has 4 rings (SSSR count). The molecule has 0 spiro atoms. The van der Waals surface area contributed by atoms with Crippen LogP contribution in [0.3, 0.4) is 0 Å². The minimum absolute atomic E-state index is 0.0786. The van der Waals surface area contributed by atoms with Crippen molar-refractivity contribution in [2.24, 2.45) is 0 Å². The summed E-state index contributed by atoms with van der Waals surface area (Å²) in [5.41, 5.74) is 2.10. The fourth-order valence-electron chi connectivity index (χ4n) is 3.39. The maximum atomic E-state index is 12.3. The molecule has 0 aliphatic heterocycles. The molecule has 0 radical (unpaired) electrons. The Hall–Kier alpha value is -3.92. The zero-order valence-corrected chi connectivity index (χ0v) is 18.4. The van der Waals surface area contributed by atoms with Gasteiger partial charge in [-0.3, -0.25) is 15.1 Å². The quantitative estimate of drug-likeness (QED) is 0.195. The van der Waals surface area contributed by atoms with Gasteiger partial charge in [0.25, 0.3) is 5.52 Å². The first-order valence-corrected chi connectivity index (χ1v) is 10.8. The van der Waals surface area contributed by atoms with Gasteiger partial charge >= 0.3 is 5.95 Å². The molecule has 10 nitrogen and oxygen atoms in total. The third-order valence-electron chi connectivity index (χ3n) is 5.02. The zero-order valence-electron chi connectivity index (χ0n) is 17.6. The molecule has 0 saturated carbocycles. The number of amides is 1. The summed E-state index contributed by atoms with van der Waals surface area (Å²) in [5.74, 6) is -0.172. The minimum atomic E-state index is -0.0935. The van der Waals surface area contributed by atoms with E-state index < -0.39 is 0 Å². The van der Waals surface area contributed by atoms with E-state index in [1.54, 1.807) is 36.5 Å². The van der Waals surface area contributed by atoms with Crippen molar-refractivity contribution in [2.45, 2.75) is 12.8 Å². The van der Waals surface area contributed by atoms with Crippen LogP contribution in [0, 0.1) is 10.4 Å². The Bertz CT molecular complexity index is 1300. The van der Waals surface area contributed by atoms with Crippen molar-refractivity contribution < 1.29 is 14.4 Å². The van der Waals surface area contributed by atoms with Crippen LogP contribution in [0.15, 0.2) is 54.7 Å². The Balaban J connectivity index is 1.19. The number of nitrogens with one attached hydrogen (secondary N) is 3. The number of halogens is 1. The summed E-state index contributed by atoms with van der Waals surface area (Å²) in [4.78, 5) is 16.8. The summed E-state index contributed by atoms with van der Waals surface area (Å²) in [6.07, 6.45) is 2.55. The van der Waals surface area contributed by atoms with Crippen LogP contribution in [0.5, 0.6) is 0 Å². The normalized spacial score (nSPS) is 10.9. The number of hydrogen-bond donors (Lipinski definition) is 3. The number of nitrogens with zero attached hydrogens (tertiary/aromatic N) is 4. The van der Waals surface area contributed by atoms with Crippen molar-refractivity contribution in [3.05, 3.63) is 70.2 Å². The molecule has 0 fully saturated rings. The van der Waals surface area contributed by atoms with E-state index in [2.05, 4.69) is 26.0 Å². The van der Waals surface area contributed by atoms with E-state index in [1.165, 1.54) is 6.07 Å². The molecule has 2 aromatic carbocycles. The van der Waals surface area contributed by atoms with E-state index in [0.29, 0.717) is 47.1 Å². The van der Waals surface area contributed by atoms with Crippen molar-refractivity contribution in [2.75, 3.05) is 30.3 Å². The molecular weight excluding hydrogens is 446 g/mol. The fourth-order valence-corrected chi connectivity index (χ4v) is 3.56. The summed E-state index contributed by atoms with van der Waals surface area (Å²) < 4.78 is 0.588. The molecule has 4 aromatic rings. The van der Waals surface area contributed by atoms with Crippen molar-refractivity contribution in [3.8, 4) is 0 Å². The summed E-state index contributed by atoms with van der Waals surface area (Å²) in [5, 5.41) is 38.5. The Morgan fingerprint density at radius 1 is 1.00 bits per heavy atom. The van der Waals surface area contributed by atoms with Crippen LogP contribution in [-0.4, -0.2) is 35.6 Å². The Kier molecular flexibility index (Phi) is 6.84. The number of rotatable bonds is 9. The number of carbonyl (C=O) groups is 1. The number of carbonyl (C=O) groups excluding carboxylic acids is 1. The monoisotopic (exact) mass is 467 g/mol. The Morgan fingerprint density at radius 3 is 2.67 bits per heavy atom. The molecule has 3 N–H and O–H groups in total. The second-order valence-corrected chi connectivity index (χ2v) is 7.74. The van der Waals surface area contributed by atoms with E-state index in [0.717, 1.165) is 16.6 Å². The highest BCUT2D eigenvalue weighted by atomic mass is 35.5. The van der Waals surface area contributed by atoms with Crippen LogP contribution in [-0.2, 0) is 4.79 Å². The standard InChI is InChI=1S/C22H22ClN7O3/c23-15-6-7-16-17(8-12-25-18(16)14-15)24-13-9-21(31)26-10-3-11-27-22-28-30(33)20-5-2-1-4-19(20)29(22)32/h1-2,4-8,12,14H,3,9-11,13H2,(H,24,25)(H,26,31)(H,27,28). The highest BCUT2D eigenvalue weighted by molar-refractivity contribution is 6.31. The van der Waals surface area contributed by atoms with Gasteiger partial charge in [0.2, 0.25) is 11.0 Å². The van der Waals surface area contributed by atoms with Crippen LogP contribution in [0.4, 0.5) is 11.6 Å². The van der Waals surface area contributed by atoms with E-state index in [1.807, 2.05) is 12.1 Å². The average Bonchev–Trinajstić information content (AvgIpc) is 2.82. The van der Waals surface area contributed by atoms with Crippen molar-refractivity contribution in [1.82, 2.24) is 15.4 Å². The molecular formula is C22H22ClN7O3. The Labute approximate surface area is 194 Å². The predicted molar refractivity (Wildman–Crippen MR) is 126 cm³/mol. The van der Waals surface area contributed by atoms with Gasteiger partial charge in [-0.25, -0.2) is 4.73 Å². The predicted octanol–water partition coefficient (Wildman–Crippen LogP) is 2.12. The molecule has 0 aliphatic carbocycles. The number of pyridine rings is 1. The van der Waals surface area contributed by atoms with Crippen LogP contribution in [0.25, 0.3) is 21.9 Å². The average molecular weight is 468 g/mol. The SMILES string of the molecule is O=C(CCNc1ccnc2cc(Cl)ccc12)NCCCNc1n[n+]([O-])c2ccccc2[n+]1[O-]. The first-order chi connectivity index (χ1) is 16.0. The smallest absolute Gasteiger partial charge is 0.460 e. The molecule has 2 aromatic heterocycles. The zero-order chi connectivity index (χ0) is 23.2. The highest BCUT2D eigenvalue weighted by Gasteiger charge is 2.19. The van der Waals surface area contributed by atoms with Gasteiger partial charge in [0.15, 0.2) is 5.52 Å². The lowest BCUT2D eigenvalue weighted by Gasteiger charge is -2.11. The van der Waals surface area contributed by atoms with Gasteiger partial charge in [-0.2, -0.15) is 0 Å². The minimum Gasteiger partial charge on any atom is -0.739 e. The number of fused-ring (bicyclic) bond motifs is 2. The summed E-state index contributed by atoms with van der Waals surface area (Å²) in [6.45, 7) is 1.26. The lowest BCUT2D eigenvalue weighted by atomic mass is 10.2. The summed E-state index contributed by atoms with van der Waals surface area (Å²) in [7, 11) is 0. The molecule has 170 valence electrons. The van der Waals surface area contributed by atoms with E-state index in [9.17, 15) is 15.2 Å². The molecule has 0 bridgehead atoms. The first-order valence-electron chi connectivity index (χ1n) is 10.4. The molecule has 1 amide bonds. The van der Waals surface area contributed by atoms with Gasteiger partial charge in [0, 0.05) is 52.7 Å². The lowest BCUT2D eigenvalue weighted by molar-refractivity contribution is -0.672. The van der Waals surface area contributed by atoms with Crippen LogP contribution >= 0.6 is 11.6 Å². The van der Waals surface area contributed by atoms with E-state index >= 15 is 0 Å². The van der Waals surface area contributed by atoms with Gasteiger partial charge in [0.1, 0.15) is 0 Å². The number of anilines is 2. The molecule has 0 unspecified atom stereocenters. The second kappa shape index (κ2) is 10.1. The molecule has 0 atom stereocenters. The molecule has 33 heavy (non-hydrogen) atoms. The van der Waals surface area contributed by atoms with Crippen LogP contribution < -0.4 is 25.5 Å². The third-order valence-corrected chi connectivity index (χ3v) is 5.25. The van der Waals surface area contributed by atoms with Crippen molar-refractivity contribution >= 4 is 51.1 Å². The summed E-state index contributed by atoms with van der Waals surface area (Å²) in [6, 6.07) is 13.8. The van der Waals surface area contributed by atoms with E-state index in [4.69, 9.17) is 11.6 Å². The number of benzene rings is 2. The number of aromatic nitrogens is 4. The van der Waals surface area contributed by atoms with Gasteiger partial charge in [-0.15, -0.1) is 0 Å². The first kappa shape index (κ1) is 22.3. The number of hydrogen-bond acceptors (Lipinski definition) is 7. The Morgan fingerprint density at radius 2 is 1.82 bits per heavy atom. The fraction of sp³-hybridized carbons (Fsp3) is 0.227. The van der Waals surface area contributed by atoms with Crippen LogP contribution in [0.1, 0.15) is 12.8 Å². The topological polar surface area (TPSA) is 133 Å². The largest absolute Gasteiger partial charge is 0.739 e. The van der Waals surface area contributed by atoms with Gasteiger partial charge in [-0.1, -0.05) is 23.7 Å². The molecule has 0 saturated heterocycles. The van der Waals surface area contributed by atoms with Crippen molar-refractivity contribution in [3.63, 3.8) is 0 Å². The molecule has 11 heteroatoms. The summed E-state index contributed by atoms with van der Waals surface area (Å²) >= 11 is 6.01. The van der Waals surface area contributed by atoms with E-state index in [-0.39, 0.29) is 22.9 Å². The van der Waals surface area contributed by atoms with Crippen LogP contribution in [0.2, 0.25) is 5.02 Å². The van der Waals surface area contributed by atoms with Gasteiger partial charge < -0.3 is 21.0 Å². The molecule has 2 heterocycles. The number of para-hydroxylation sites is 2. The van der Waals surface area contributed by atoms with Gasteiger partial charge in [-0.05, 0) is 36.8 Å². The highest BCUT2D eigenvalue weighted by Crippen LogP contribution is 2.24. The molecule has 0 aliphatic rings. The maximum absolute atomic E-state index is 12.3. The second-order valence-electron chi connectivity index (χ2n) is 7.31.